The molecule has 0 bridgehead atoms. The van der Waals surface area contributed by atoms with Gasteiger partial charge >= 0.3 is 5.69 Å². The van der Waals surface area contributed by atoms with Crippen LogP contribution in [-0.4, -0.2) is 26.0 Å². The largest absolute Gasteiger partial charge is 0.494 e. The van der Waals surface area contributed by atoms with Crippen LogP contribution >= 0.6 is 12.2 Å². The highest BCUT2D eigenvalue weighted by atomic mass is 32.1. The van der Waals surface area contributed by atoms with Crippen LogP contribution in [0.1, 0.15) is 11.1 Å². The van der Waals surface area contributed by atoms with Crippen molar-refractivity contribution in [1.82, 2.24) is 15.0 Å². The lowest BCUT2D eigenvalue weighted by atomic mass is 10.2. The highest BCUT2D eigenvalue weighted by Crippen LogP contribution is 2.11. The number of nitrogens with one attached hydrogen (secondary N) is 3. The molecule has 0 amide bonds. The van der Waals surface area contributed by atoms with Crippen LogP contribution in [0.4, 0.5) is 10.1 Å². The third-order valence-corrected chi connectivity index (χ3v) is 4.05. The topological polar surface area (TPSA) is 112 Å². The predicted octanol–water partition coefficient (Wildman–Crippen LogP) is 1.75. The molecule has 0 radical (unpaired) electrons. The van der Waals surface area contributed by atoms with Crippen molar-refractivity contribution >= 4 is 29.2 Å². The van der Waals surface area contributed by atoms with Crippen molar-refractivity contribution in [3.8, 4) is 5.88 Å². The highest BCUT2D eigenvalue weighted by Gasteiger charge is 2.13. The summed E-state index contributed by atoms with van der Waals surface area (Å²) in [4.78, 5) is 26.2. The fourth-order valence-corrected chi connectivity index (χ4v) is 2.62. The molecule has 0 aliphatic rings. The Morgan fingerprint density at radius 3 is 2.55 bits per heavy atom. The van der Waals surface area contributed by atoms with Gasteiger partial charge < -0.3 is 10.4 Å². The van der Waals surface area contributed by atoms with Gasteiger partial charge in [-0.15, -0.1) is 0 Å². The smallest absolute Gasteiger partial charge is 0.331 e. The number of aromatic nitrogens is 2. The van der Waals surface area contributed by atoms with Gasteiger partial charge in [-0.3, -0.25) is 19.8 Å². The van der Waals surface area contributed by atoms with E-state index in [1.165, 1.54) is 24.3 Å². The van der Waals surface area contributed by atoms with Crippen LogP contribution in [-0.2, 0) is 6.54 Å². The number of nitrogens with zero attached hydrogens (tertiary/aromatic N) is 2. The summed E-state index contributed by atoms with van der Waals surface area (Å²) in [6.07, 6.45) is 1.05. The minimum absolute atomic E-state index is 0.0655. The van der Waals surface area contributed by atoms with Gasteiger partial charge in [-0.2, -0.15) is 5.10 Å². The third kappa shape index (κ3) is 5.14. The molecule has 148 valence electrons. The maximum atomic E-state index is 13.0. The van der Waals surface area contributed by atoms with Gasteiger partial charge in [-0.1, -0.05) is 30.3 Å². The SMILES string of the molecule is O=c1[nH]c(=O)n(Cc2ccc(F)cc2)c(O)c1C=NNC(=S)Nc1ccccc1. The molecule has 1 aromatic heterocycles. The van der Waals surface area contributed by atoms with E-state index >= 15 is 0 Å². The van der Waals surface area contributed by atoms with E-state index in [0.29, 0.717) is 5.56 Å². The second-order valence-corrected chi connectivity index (χ2v) is 6.31. The third-order valence-electron chi connectivity index (χ3n) is 3.85. The van der Waals surface area contributed by atoms with Crippen molar-refractivity contribution < 1.29 is 9.50 Å². The fraction of sp³-hybridized carbons (Fsp3) is 0.0526. The van der Waals surface area contributed by atoms with Gasteiger partial charge in [-0.25, -0.2) is 9.18 Å². The molecule has 0 saturated carbocycles. The van der Waals surface area contributed by atoms with Crippen molar-refractivity contribution in [3.63, 3.8) is 0 Å². The minimum Gasteiger partial charge on any atom is -0.494 e. The molecule has 0 aliphatic heterocycles. The number of thiocarbonyl (C=S) groups is 1. The van der Waals surface area contributed by atoms with Crippen molar-refractivity contribution in [2.75, 3.05) is 5.32 Å². The van der Waals surface area contributed by atoms with E-state index in [4.69, 9.17) is 12.2 Å². The molecule has 0 saturated heterocycles. The molecule has 1 heterocycles. The van der Waals surface area contributed by atoms with E-state index in [0.717, 1.165) is 16.5 Å². The van der Waals surface area contributed by atoms with E-state index < -0.39 is 22.9 Å². The summed E-state index contributed by atoms with van der Waals surface area (Å²) in [6, 6.07) is 14.5. The van der Waals surface area contributed by atoms with E-state index in [1.807, 2.05) is 18.2 Å². The Morgan fingerprint density at radius 2 is 1.86 bits per heavy atom. The normalized spacial score (nSPS) is 10.8. The molecule has 0 fully saturated rings. The number of rotatable bonds is 5. The fourth-order valence-electron chi connectivity index (χ4n) is 2.45. The summed E-state index contributed by atoms with van der Waals surface area (Å²) in [5.74, 6) is -0.999. The number of halogens is 1. The molecular weight excluding hydrogens is 397 g/mol. The van der Waals surface area contributed by atoms with Crippen molar-refractivity contribution in [3.05, 3.63) is 92.4 Å². The first-order valence-electron chi connectivity index (χ1n) is 8.39. The molecular formula is C19H16FN5O3S. The Morgan fingerprint density at radius 1 is 1.17 bits per heavy atom. The molecule has 0 unspecified atom stereocenters. The van der Waals surface area contributed by atoms with Crippen molar-refractivity contribution in [1.29, 1.82) is 0 Å². The van der Waals surface area contributed by atoms with Crippen LogP contribution in [0, 0.1) is 5.82 Å². The molecule has 8 nitrogen and oxygen atoms in total. The summed E-state index contributed by atoms with van der Waals surface area (Å²) in [5.41, 5.74) is 1.98. The van der Waals surface area contributed by atoms with E-state index in [1.54, 1.807) is 12.1 Å². The van der Waals surface area contributed by atoms with Crippen LogP contribution in [0.5, 0.6) is 5.88 Å². The van der Waals surface area contributed by atoms with Crippen LogP contribution in [0.2, 0.25) is 0 Å². The van der Waals surface area contributed by atoms with Gasteiger partial charge in [0.2, 0.25) is 5.88 Å². The van der Waals surface area contributed by atoms with Crippen LogP contribution in [0.3, 0.4) is 0 Å². The van der Waals surface area contributed by atoms with Crippen LogP contribution in [0.15, 0.2) is 69.3 Å². The summed E-state index contributed by atoms with van der Waals surface area (Å²) in [7, 11) is 0. The van der Waals surface area contributed by atoms with Gasteiger partial charge in [0.25, 0.3) is 5.56 Å². The molecule has 2 aromatic carbocycles. The molecule has 10 heteroatoms. The number of benzene rings is 2. The molecule has 0 spiro atoms. The molecule has 0 atom stereocenters. The number of hydrogen-bond donors (Lipinski definition) is 4. The number of anilines is 1. The number of para-hydroxylation sites is 1. The molecule has 29 heavy (non-hydrogen) atoms. The number of H-pyrrole nitrogens is 1. The molecule has 3 aromatic rings. The lowest BCUT2D eigenvalue weighted by molar-refractivity contribution is 0.408. The Bertz CT molecular complexity index is 1160. The average molecular weight is 413 g/mol. The molecule has 4 N–H and O–H groups in total. The Balaban J connectivity index is 1.77. The second-order valence-electron chi connectivity index (χ2n) is 5.90. The standard InChI is InChI=1S/C19H16FN5O3S/c20-13-8-6-12(7-9-13)11-25-17(27)15(16(26)23-19(25)28)10-21-24-18(29)22-14-4-2-1-3-5-14/h1-10,27H,11H2,(H2,22,24,29)(H,23,26,28). The number of aromatic amines is 1. The van der Waals surface area contributed by atoms with Gasteiger partial charge in [-0.05, 0) is 42.0 Å². The number of hydrazone groups is 1. The summed E-state index contributed by atoms with van der Waals surface area (Å²) in [5, 5.41) is 17.3. The monoisotopic (exact) mass is 413 g/mol. The van der Waals surface area contributed by atoms with Gasteiger partial charge in [0, 0.05) is 5.69 Å². The Labute approximate surface area is 169 Å². The first kappa shape index (κ1) is 20.0. The molecule has 0 aliphatic carbocycles. The van der Waals surface area contributed by atoms with E-state index in [-0.39, 0.29) is 17.2 Å². The lowest BCUT2D eigenvalue weighted by Crippen LogP contribution is -2.33. The van der Waals surface area contributed by atoms with Crippen molar-refractivity contribution in [2.24, 2.45) is 5.10 Å². The summed E-state index contributed by atoms with van der Waals surface area (Å²) >= 11 is 5.09. The first-order valence-corrected chi connectivity index (χ1v) is 8.80. The summed E-state index contributed by atoms with van der Waals surface area (Å²) < 4.78 is 14.0. The zero-order valence-electron chi connectivity index (χ0n) is 14.9. The number of hydrogen-bond acceptors (Lipinski definition) is 5. The van der Waals surface area contributed by atoms with Gasteiger partial charge in [0.1, 0.15) is 11.4 Å². The maximum absolute atomic E-state index is 13.0. The average Bonchev–Trinajstić information content (AvgIpc) is 2.70. The van der Waals surface area contributed by atoms with Crippen LogP contribution < -0.4 is 22.0 Å². The Kier molecular flexibility index (Phi) is 6.15. The van der Waals surface area contributed by atoms with Gasteiger partial charge in [0.05, 0.1) is 12.8 Å². The van der Waals surface area contributed by atoms with Gasteiger partial charge in [0.15, 0.2) is 5.11 Å². The summed E-state index contributed by atoms with van der Waals surface area (Å²) in [6.45, 7) is -0.0655. The minimum atomic E-state index is -0.810. The first-order chi connectivity index (χ1) is 13.9. The Hall–Kier alpha value is -3.79. The zero-order valence-corrected chi connectivity index (χ0v) is 15.7. The maximum Gasteiger partial charge on any atom is 0.331 e. The zero-order chi connectivity index (χ0) is 20.8. The number of aromatic hydroxyl groups is 1. The van der Waals surface area contributed by atoms with E-state index in [2.05, 4.69) is 20.8 Å². The lowest BCUT2D eigenvalue weighted by Gasteiger charge is -2.10. The quantitative estimate of drug-likeness (QED) is 0.288. The molecule has 3 rings (SSSR count). The predicted molar refractivity (Wildman–Crippen MR) is 112 cm³/mol. The highest BCUT2D eigenvalue weighted by molar-refractivity contribution is 7.80. The van der Waals surface area contributed by atoms with Crippen molar-refractivity contribution in [2.45, 2.75) is 6.54 Å². The van der Waals surface area contributed by atoms with E-state index in [9.17, 15) is 19.1 Å². The second kappa shape index (κ2) is 8.93. The van der Waals surface area contributed by atoms with Crippen LogP contribution in [0.25, 0.3) is 0 Å².